The Morgan fingerprint density at radius 3 is 1.86 bits per heavy atom. The molecule has 0 radical (unpaired) electrons. The fraction of sp³-hybridized carbons (Fsp3) is 0.677. The van der Waals surface area contributed by atoms with E-state index in [0.29, 0.717) is 25.1 Å². The first-order chi connectivity index (χ1) is 23.5. The number of nitrogens with one attached hydrogen (secondary N) is 6. The Bertz CT molecular complexity index is 1270. The van der Waals surface area contributed by atoms with Gasteiger partial charge in [0.15, 0.2) is 6.04 Å². The molecule has 0 aromatic carbocycles. The first-order valence-electron chi connectivity index (χ1n) is 16.5. The lowest BCUT2D eigenvalue weighted by atomic mass is 10.0. The Kier molecular flexibility index (Phi) is 19.2. The van der Waals surface area contributed by atoms with Crippen LogP contribution in [0, 0.1) is 5.92 Å². The number of H-pyrrole nitrogens is 1. The van der Waals surface area contributed by atoms with Crippen molar-refractivity contribution in [3.8, 4) is 0 Å². The average Bonchev–Trinajstić information content (AvgIpc) is 3.56. The Balaban J connectivity index is 3.29. The molecule has 0 saturated carbocycles. The van der Waals surface area contributed by atoms with Crippen molar-refractivity contribution in [3.63, 3.8) is 0 Å². The second kappa shape index (κ2) is 22.2. The zero-order chi connectivity index (χ0) is 38.0. The number of aromatic amines is 1. The highest BCUT2D eigenvalue weighted by atomic mass is 16.5. The van der Waals surface area contributed by atoms with Crippen LogP contribution >= 0.6 is 0 Å². The van der Waals surface area contributed by atoms with Crippen LogP contribution in [0.25, 0.3) is 0 Å². The van der Waals surface area contributed by atoms with Crippen molar-refractivity contribution in [2.45, 2.75) is 115 Å². The summed E-state index contributed by atoms with van der Waals surface area (Å²) in [5.41, 5.74) is 17.2. The van der Waals surface area contributed by atoms with Gasteiger partial charge in [0, 0.05) is 24.7 Å². The van der Waals surface area contributed by atoms with E-state index in [-0.39, 0.29) is 38.0 Å². The smallest absolute Gasteiger partial charge is 0.331 e. The molecule has 0 spiro atoms. The van der Waals surface area contributed by atoms with Gasteiger partial charge in [-0.1, -0.05) is 13.8 Å². The third kappa shape index (κ3) is 15.7. The van der Waals surface area contributed by atoms with E-state index in [1.807, 2.05) is 0 Å². The average molecular weight is 711 g/mol. The monoisotopic (exact) mass is 710 g/mol. The van der Waals surface area contributed by atoms with E-state index in [9.17, 15) is 38.7 Å². The topological polar surface area (TPSA) is 316 Å². The highest BCUT2D eigenvalue weighted by molar-refractivity contribution is 5.96. The van der Waals surface area contributed by atoms with Crippen LogP contribution in [0.5, 0.6) is 0 Å². The third-order valence-electron chi connectivity index (χ3n) is 7.49. The first-order valence-corrected chi connectivity index (χ1v) is 16.5. The lowest BCUT2D eigenvalue weighted by Crippen LogP contribution is -2.60. The fourth-order valence-corrected chi connectivity index (χ4v) is 4.72. The maximum atomic E-state index is 13.7. The number of methoxy groups -OCH3 is 1. The number of primary amides is 1. The Morgan fingerprint density at radius 2 is 1.36 bits per heavy atom. The number of hydrogen-bond acceptors (Lipinski definition) is 12. The largest absolute Gasteiger partial charge is 0.467 e. The molecule has 1 aromatic rings. The third-order valence-corrected chi connectivity index (χ3v) is 7.49. The number of nitrogens with zero attached hydrogens (tertiary/aromatic N) is 1. The zero-order valence-corrected chi connectivity index (χ0v) is 29.3. The van der Waals surface area contributed by atoms with Gasteiger partial charge in [-0.2, -0.15) is 0 Å². The summed E-state index contributed by atoms with van der Waals surface area (Å²) in [5, 5.41) is 22.7. The van der Waals surface area contributed by atoms with E-state index in [2.05, 4.69) is 41.3 Å². The maximum Gasteiger partial charge on any atom is 0.331 e. The highest BCUT2D eigenvalue weighted by Gasteiger charge is 2.34. The summed E-state index contributed by atoms with van der Waals surface area (Å²) in [6.07, 6.45) is 2.19. The number of amides is 6. The molecular formula is C31H54N10O9. The van der Waals surface area contributed by atoms with Crippen molar-refractivity contribution < 1.29 is 43.4 Å². The van der Waals surface area contributed by atoms with Crippen LogP contribution in [-0.4, -0.2) is 112 Å². The van der Waals surface area contributed by atoms with Gasteiger partial charge in [-0.3, -0.25) is 28.8 Å². The number of aliphatic hydroxyl groups excluding tert-OH is 1. The quantitative estimate of drug-likeness (QED) is 0.0395. The molecule has 19 heteroatoms. The molecule has 0 saturated heterocycles. The van der Waals surface area contributed by atoms with Crippen LogP contribution in [0.3, 0.4) is 0 Å². The summed E-state index contributed by atoms with van der Waals surface area (Å²) >= 11 is 0. The number of unbranched alkanes of at least 4 members (excludes halogenated alkanes) is 1. The normalized spacial score (nSPS) is 15.3. The molecule has 13 N–H and O–H groups in total. The number of esters is 1. The van der Waals surface area contributed by atoms with Crippen LogP contribution in [-0.2, 0) is 44.7 Å². The van der Waals surface area contributed by atoms with Gasteiger partial charge in [-0.15, -0.1) is 0 Å². The standard InChI is InChI=1S/C31H54N10O9/c1-16(2)12-22(29(47)38-21(9-10-24(34)43)28(46)41-25(18(4)42)31(49)50-5)40-27(45)20(8-6-7-11-32)37-30(48)23(39-26(44)17(3)33)13-19-14-35-15-36-19/h14-18,20-23,25,42H,6-13,32-33H2,1-5H3,(H2,34,43)(H,35,36)(H,37,48)(H,38,47)(H,39,44)(H,40,45)(H,41,46)/t17-,18+,20-,21-,22-,23-,25-/m0/s1. The number of carbonyl (C=O) groups is 7. The molecule has 7 atom stereocenters. The van der Waals surface area contributed by atoms with Crippen molar-refractivity contribution in [1.82, 2.24) is 36.6 Å². The van der Waals surface area contributed by atoms with E-state index in [1.54, 1.807) is 13.8 Å². The predicted octanol–water partition coefficient (Wildman–Crippen LogP) is -3.28. The van der Waals surface area contributed by atoms with Crippen LogP contribution < -0.4 is 43.8 Å². The maximum absolute atomic E-state index is 13.7. The van der Waals surface area contributed by atoms with Gasteiger partial charge >= 0.3 is 5.97 Å². The number of nitrogens with two attached hydrogens (primary N) is 3. The van der Waals surface area contributed by atoms with Crippen molar-refractivity contribution in [1.29, 1.82) is 0 Å². The van der Waals surface area contributed by atoms with Crippen molar-refractivity contribution in [2.24, 2.45) is 23.1 Å². The number of rotatable bonds is 23. The van der Waals surface area contributed by atoms with Crippen molar-refractivity contribution in [2.75, 3.05) is 13.7 Å². The van der Waals surface area contributed by atoms with Crippen LogP contribution in [0.1, 0.15) is 71.9 Å². The number of ether oxygens (including phenoxy) is 1. The van der Waals surface area contributed by atoms with E-state index in [0.717, 1.165) is 7.11 Å². The number of aliphatic hydroxyl groups is 1. The Hall–Kier alpha value is -4.62. The van der Waals surface area contributed by atoms with Gasteiger partial charge < -0.3 is 58.6 Å². The lowest BCUT2D eigenvalue weighted by Gasteiger charge is -2.28. The molecule has 1 heterocycles. The summed E-state index contributed by atoms with van der Waals surface area (Å²) in [7, 11) is 1.07. The second-order valence-electron chi connectivity index (χ2n) is 12.5. The van der Waals surface area contributed by atoms with Crippen LogP contribution in [0.2, 0.25) is 0 Å². The minimum atomic E-state index is -1.47. The minimum Gasteiger partial charge on any atom is -0.467 e. The van der Waals surface area contributed by atoms with E-state index in [4.69, 9.17) is 17.2 Å². The van der Waals surface area contributed by atoms with Crippen molar-refractivity contribution in [3.05, 3.63) is 18.2 Å². The number of aromatic nitrogens is 2. The Labute approximate surface area is 291 Å². The number of hydrogen-bond donors (Lipinski definition) is 10. The zero-order valence-electron chi connectivity index (χ0n) is 29.3. The number of carbonyl (C=O) groups excluding carboxylic acids is 7. The lowest BCUT2D eigenvalue weighted by molar-refractivity contribution is -0.148. The summed E-state index contributed by atoms with van der Waals surface area (Å²) < 4.78 is 4.62. The van der Waals surface area contributed by atoms with E-state index in [1.165, 1.54) is 26.4 Å². The molecule has 0 fully saturated rings. The summed E-state index contributed by atoms with van der Waals surface area (Å²) in [5.74, 6) is -5.54. The van der Waals surface area contributed by atoms with Gasteiger partial charge in [-0.25, -0.2) is 9.78 Å². The molecule has 0 unspecified atom stereocenters. The van der Waals surface area contributed by atoms with E-state index >= 15 is 0 Å². The van der Waals surface area contributed by atoms with Gasteiger partial charge in [-0.05, 0) is 58.4 Å². The molecule has 0 bridgehead atoms. The second-order valence-corrected chi connectivity index (χ2v) is 12.5. The minimum absolute atomic E-state index is 0.0143. The molecule has 6 amide bonds. The van der Waals surface area contributed by atoms with Crippen molar-refractivity contribution >= 4 is 41.4 Å². The summed E-state index contributed by atoms with van der Waals surface area (Å²) in [6.45, 7) is 6.64. The molecule has 0 aliphatic carbocycles. The molecule has 282 valence electrons. The van der Waals surface area contributed by atoms with Gasteiger partial charge in [0.05, 0.1) is 25.6 Å². The molecule has 1 rings (SSSR count). The van der Waals surface area contributed by atoms with Crippen LogP contribution in [0.15, 0.2) is 12.5 Å². The molecule has 50 heavy (non-hydrogen) atoms. The predicted molar refractivity (Wildman–Crippen MR) is 180 cm³/mol. The SMILES string of the molecule is COC(=O)[C@@H](NC(=O)[C@H](CCC(N)=O)NC(=O)[C@H](CC(C)C)NC(=O)[C@H](CCCCN)NC(=O)[C@H](Cc1cnc[nH]1)NC(=O)[C@H](C)N)[C@@H](C)O. The highest BCUT2D eigenvalue weighted by Crippen LogP contribution is 2.10. The molecule has 19 nitrogen and oxygen atoms in total. The van der Waals surface area contributed by atoms with Crippen LogP contribution in [0.4, 0.5) is 0 Å². The first kappa shape index (κ1) is 43.4. The number of imidazole rings is 1. The molecule has 0 aliphatic rings. The summed E-state index contributed by atoms with van der Waals surface area (Å²) in [4.78, 5) is 96.9. The summed E-state index contributed by atoms with van der Waals surface area (Å²) in [6, 6.07) is -7.29. The molecule has 1 aromatic heterocycles. The Morgan fingerprint density at radius 1 is 0.820 bits per heavy atom. The van der Waals surface area contributed by atoms with Gasteiger partial charge in [0.25, 0.3) is 0 Å². The van der Waals surface area contributed by atoms with E-state index < -0.39 is 83.8 Å². The molecular weight excluding hydrogens is 656 g/mol. The van der Waals surface area contributed by atoms with Gasteiger partial charge in [0.2, 0.25) is 35.4 Å². The molecule has 0 aliphatic heterocycles. The van der Waals surface area contributed by atoms with Gasteiger partial charge in [0.1, 0.15) is 24.2 Å². The fourth-order valence-electron chi connectivity index (χ4n) is 4.72.